The van der Waals surface area contributed by atoms with Crippen molar-refractivity contribution in [1.29, 1.82) is 0 Å². The number of carbonyl (C=O) groups excluding carboxylic acids is 2. The van der Waals surface area contributed by atoms with Crippen LogP contribution in [0.15, 0.2) is 42.1 Å². The van der Waals surface area contributed by atoms with Crippen LogP contribution in [0.5, 0.6) is 0 Å². The molecule has 2 atom stereocenters. The predicted molar refractivity (Wildman–Crippen MR) is 145 cm³/mol. The number of amides is 2. The van der Waals surface area contributed by atoms with Crippen molar-refractivity contribution in [3.63, 3.8) is 0 Å². The van der Waals surface area contributed by atoms with Crippen LogP contribution in [0.1, 0.15) is 67.4 Å². The highest BCUT2D eigenvalue weighted by Crippen LogP contribution is 2.34. The number of carbonyl (C=O) groups is 3. The lowest BCUT2D eigenvalue weighted by Crippen LogP contribution is -2.56. The first-order valence-corrected chi connectivity index (χ1v) is 12.5. The highest BCUT2D eigenvalue weighted by atomic mass is 16.4. The van der Waals surface area contributed by atoms with E-state index in [0.29, 0.717) is 0 Å². The number of fused-ring (bicyclic) bond motifs is 1. The summed E-state index contributed by atoms with van der Waals surface area (Å²) in [5.41, 5.74) is 1.37. The molecular formula is C29H43N3O4. The summed E-state index contributed by atoms with van der Waals surface area (Å²) in [5.74, 6) is -1.47. The second-order valence-electron chi connectivity index (χ2n) is 11.9. The van der Waals surface area contributed by atoms with Crippen molar-refractivity contribution in [2.24, 2.45) is 18.4 Å². The maximum atomic E-state index is 13.7. The van der Waals surface area contributed by atoms with Crippen LogP contribution >= 0.6 is 0 Å². The van der Waals surface area contributed by atoms with Crippen molar-refractivity contribution in [2.75, 3.05) is 7.05 Å². The van der Waals surface area contributed by atoms with Gasteiger partial charge in [0.05, 0.1) is 6.04 Å². The number of carboxylic acid groups (broad SMARTS) is 1. The van der Waals surface area contributed by atoms with Crippen LogP contribution in [0.2, 0.25) is 0 Å². The van der Waals surface area contributed by atoms with E-state index in [0.717, 1.165) is 16.5 Å². The Balaban J connectivity index is 2.30. The summed E-state index contributed by atoms with van der Waals surface area (Å²) in [5, 5.41) is 13.5. The van der Waals surface area contributed by atoms with Crippen molar-refractivity contribution in [3.8, 4) is 0 Å². The number of nitrogens with zero attached hydrogens (tertiary/aromatic N) is 2. The lowest BCUT2D eigenvalue weighted by Gasteiger charge is -2.38. The van der Waals surface area contributed by atoms with Gasteiger partial charge in [0.1, 0.15) is 6.04 Å². The molecule has 1 aromatic heterocycles. The molecule has 2 aromatic rings. The number of aromatic nitrogens is 1. The van der Waals surface area contributed by atoms with Crippen LogP contribution in [-0.4, -0.2) is 51.5 Å². The standard InChI is InChI=1S/C29H43N3O4/c1-18(2)23(15-19(3)27(35)36)32(10)26(34)25(28(4,5)6)30-24(33)16-29(7,8)21-17-31(9)22-14-12-11-13-20(21)22/h11-15,17-18,23,25H,16H2,1-10H3,(H,30,33)(H,35,36)/t23-,25-/m1/s1. The van der Waals surface area contributed by atoms with Gasteiger partial charge < -0.3 is 19.9 Å². The zero-order chi connectivity index (χ0) is 27.6. The number of hydrogen-bond donors (Lipinski definition) is 2. The molecule has 0 radical (unpaired) electrons. The number of hydrogen-bond acceptors (Lipinski definition) is 3. The summed E-state index contributed by atoms with van der Waals surface area (Å²) in [4.78, 5) is 40.0. The first kappa shape index (κ1) is 29.1. The molecule has 7 nitrogen and oxygen atoms in total. The van der Waals surface area contributed by atoms with E-state index in [9.17, 15) is 19.5 Å². The molecule has 0 fully saturated rings. The Morgan fingerprint density at radius 3 is 2.22 bits per heavy atom. The maximum Gasteiger partial charge on any atom is 0.331 e. The fourth-order valence-corrected chi connectivity index (χ4v) is 4.67. The largest absolute Gasteiger partial charge is 0.478 e. The van der Waals surface area contributed by atoms with Gasteiger partial charge in [-0.05, 0) is 29.9 Å². The van der Waals surface area contributed by atoms with Crippen LogP contribution in [0.4, 0.5) is 0 Å². The highest BCUT2D eigenvalue weighted by Gasteiger charge is 2.38. The minimum atomic E-state index is -1.02. The van der Waals surface area contributed by atoms with Gasteiger partial charge in [0.2, 0.25) is 11.8 Å². The smallest absolute Gasteiger partial charge is 0.331 e. The van der Waals surface area contributed by atoms with Gasteiger partial charge in [-0.2, -0.15) is 0 Å². The lowest BCUT2D eigenvalue weighted by atomic mass is 9.80. The van der Waals surface area contributed by atoms with Gasteiger partial charge >= 0.3 is 5.97 Å². The second-order valence-corrected chi connectivity index (χ2v) is 11.9. The van der Waals surface area contributed by atoms with Gasteiger partial charge in [-0.25, -0.2) is 4.79 Å². The molecule has 0 spiro atoms. The van der Waals surface area contributed by atoms with Crippen LogP contribution in [0.25, 0.3) is 10.9 Å². The normalized spacial score (nSPS) is 14.6. The minimum Gasteiger partial charge on any atom is -0.478 e. The van der Waals surface area contributed by atoms with Gasteiger partial charge in [-0.3, -0.25) is 9.59 Å². The molecular weight excluding hydrogens is 454 g/mol. The molecule has 36 heavy (non-hydrogen) atoms. The Morgan fingerprint density at radius 2 is 1.69 bits per heavy atom. The zero-order valence-electron chi connectivity index (χ0n) is 23.5. The summed E-state index contributed by atoms with van der Waals surface area (Å²) < 4.78 is 2.07. The molecule has 198 valence electrons. The number of benzene rings is 1. The van der Waals surface area contributed by atoms with E-state index in [1.807, 2.05) is 67.6 Å². The molecule has 1 aromatic carbocycles. The quantitative estimate of drug-likeness (QED) is 0.483. The van der Waals surface area contributed by atoms with Crippen LogP contribution in [0.3, 0.4) is 0 Å². The van der Waals surface area contributed by atoms with E-state index >= 15 is 0 Å². The molecule has 2 N–H and O–H groups in total. The number of nitrogens with one attached hydrogen (secondary N) is 1. The molecule has 0 aliphatic carbocycles. The molecule has 0 saturated heterocycles. The topological polar surface area (TPSA) is 91.6 Å². The number of aryl methyl sites for hydroxylation is 1. The average Bonchev–Trinajstić information content (AvgIpc) is 3.11. The zero-order valence-corrected chi connectivity index (χ0v) is 23.5. The SMILES string of the molecule is CC(=C[C@H](C(C)C)N(C)C(=O)[C@@H](NC(=O)CC(C)(C)c1cn(C)c2ccccc12)C(C)(C)C)C(=O)O. The molecule has 0 unspecified atom stereocenters. The first-order chi connectivity index (χ1) is 16.5. The van der Waals surface area contributed by atoms with Gasteiger partial charge in [0.15, 0.2) is 0 Å². The Labute approximate surface area is 215 Å². The summed E-state index contributed by atoms with van der Waals surface area (Å²) in [6, 6.07) is 6.95. The van der Waals surface area contributed by atoms with Crippen LogP contribution in [-0.2, 0) is 26.8 Å². The van der Waals surface area contributed by atoms with Gasteiger partial charge in [0.25, 0.3) is 0 Å². The molecule has 2 amide bonds. The third-order valence-electron chi connectivity index (χ3n) is 6.88. The van der Waals surface area contributed by atoms with Crippen molar-refractivity contribution in [3.05, 3.63) is 47.7 Å². The first-order valence-electron chi connectivity index (χ1n) is 12.5. The second kappa shape index (κ2) is 10.9. The summed E-state index contributed by atoms with van der Waals surface area (Å²) in [7, 11) is 3.67. The number of likely N-dealkylation sites (N-methyl/N-ethyl adjacent to an activating group) is 1. The van der Waals surface area contributed by atoms with Crippen molar-refractivity contribution >= 4 is 28.7 Å². The summed E-state index contributed by atoms with van der Waals surface area (Å²) >= 11 is 0. The van der Waals surface area contributed by atoms with Crippen molar-refractivity contribution in [1.82, 2.24) is 14.8 Å². The maximum absolute atomic E-state index is 13.7. The average molecular weight is 498 g/mol. The molecule has 0 aliphatic heterocycles. The number of rotatable bonds is 9. The van der Waals surface area contributed by atoms with Gasteiger partial charge in [-0.15, -0.1) is 0 Å². The molecule has 1 heterocycles. The van der Waals surface area contributed by atoms with E-state index in [1.165, 1.54) is 6.92 Å². The fraction of sp³-hybridized carbons (Fsp3) is 0.552. The molecule has 0 aliphatic rings. The van der Waals surface area contributed by atoms with Crippen molar-refractivity contribution in [2.45, 2.75) is 79.3 Å². The highest BCUT2D eigenvalue weighted by molar-refractivity contribution is 5.91. The fourth-order valence-electron chi connectivity index (χ4n) is 4.67. The summed E-state index contributed by atoms with van der Waals surface area (Å²) in [6.07, 6.45) is 3.90. The Bertz CT molecular complexity index is 1150. The monoisotopic (exact) mass is 497 g/mol. The minimum absolute atomic E-state index is 0.00475. The summed E-state index contributed by atoms with van der Waals surface area (Å²) in [6.45, 7) is 15.3. The number of carboxylic acids is 1. The Hall–Kier alpha value is -3.09. The molecule has 7 heteroatoms. The Kier molecular flexibility index (Phi) is 8.82. The van der Waals surface area contributed by atoms with E-state index in [2.05, 4.69) is 28.2 Å². The van der Waals surface area contributed by atoms with Crippen LogP contribution < -0.4 is 5.32 Å². The van der Waals surface area contributed by atoms with E-state index in [1.54, 1.807) is 18.0 Å². The predicted octanol–water partition coefficient (Wildman–Crippen LogP) is 4.89. The van der Waals surface area contributed by atoms with E-state index < -0.39 is 28.9 Å². The van der Waals surface area contributed by atoms with E-state index in [4.69, 9.17) is 0 Å². The van der Waals surface area contributed by atoms with Crippen molar-refractivity contribution < 1.29 is 19.5 Å². The Morgan fingerprint density at radius 1 is 1.11 bits per heavy atom. The van der Waals surface area contributed by atoms with Gasteiger partial charge in [-0.1, -0.05) is 72.7 Å². The lowest BCUT2D eigenvalue weighted by molar-refractivity contribution is -0.140. The molecule has 2 rings (SSSR count). The molecule has 0 bridgehead atoms. The van der Waals surface area contributed by atoms with Crippen LogP contribution in [0, 0.1) is 11.3 Å². The van der Waals surface area contributed by atoms with E-state index in [-0.39, 0.29) is 29.7 Å². The van der Waals surface area contributed by atoms with Gasteiger partial charge in [0, 0.05) is 48.6 Å². The number of aliphatic carboxylic acids is 1. The third-order valence-corrected chi connectivity index (χ3v) is 6.88. The number of para-hydroxylation sites is 1. The molecule has 0 saturated carbocycles. The third kappa shape index (κ3) is 6.56.